The molecule has 0 amide bonds. The average Bonchev–Trinajstić information content (AvgIpc) is 3.05. The van der Waals surface area contributed by atoms with E-state index in [2.05, 4.69) is 15.5 Å². The van der Waals surface area contributed by atoms with Crippen molar-refractivity contribution in [2.45, 2.75) is 18.9 Å². The molecule has 82 valence electrons. The van der Waals surface area contributed by atoms with E-state index in [0.717, 1.165) is 5.88 Å². The smallest absolute Gasteiger partial charge is 0.225 e. The van der Waals surface area contributed by atoms with Crippen molar-refractivity contribution in [1.29, 1.82) is 0 Å². The molecule has 0 aromatic carbocycles. The van der Waals surface area contributed by atoms with Gasteiger partial charge in [-0.1, -0.05) is 5.16 Å². The zero-order valence-electron chi connectivity index (χ0n) is 8.84. The van der Waals surface area contributed by atoms with Crippen molar-refractivity contribution >= 4 is 5.88 Å². The van der Waals surface area contributed by atoms with Crippen molar-refractivity contribution in [2.75, 3.05) is 5.32 Å². The van der Waals surface area contributed by atoms with Crippen LogP contribution < -0.4 is 5.32 Å². The van der Waals surface area contributed by atoms with Gasteiger partial charge in [0, 0.05) is 18.5 Å². The van der Waals surface area contributed by atoms with Gasteiger partial charge in [-0.3, -0.25) is 4.98 Å². The SMILES string of the molecule is c1cc(C(Nc2ccno2)C2CC2)ccn1. The molecule has 4 heteroatoms. The Kier molecular flexibility index (Phi) is 2.33. The molecule has 1 saturated carbocycles. The number of anilines is 1. The number of aromatic nitrogens is 2. The van der Waals surface area contributed by atoms with E-state index in [9.17, 15) is 0 Å². The van der Waals surface area contributed by atoms with E-state index < -0.39 is 0 Å². The van der Waals surface area contributed by atoms with Crippen LogP contribution in [-0.2, 0) is 0 Å². The molecule has 2 aromatic heterocycles. The van der Waals surface area contributed by atoms with Gasteiger partial charge in [-0.15, -0.1) is 0 Å². The highest BCUT2D eigenvalue weighted by Crippen LogP contribution is 2.42. The van der Waals surface area contributed by atoms with Crippen LogP contribution in [0.3, 0.4) is 0 Å². The molecular formula is C12H13N3O. The number of rotatable bonds is 4. The number of hydrogen-bond donors (Lipinski definition) is 1. The summed E-state index contributed by atoms with van der Waals surface area (Å²) in [7, 11) is 0. The van der Waals surface area contributed by atoms with E-state index in [1.165, 1.54) is 18.4 Å². The molecule has 1 unspecified atom stereocenters. The Balaban J connectivity index is 1.82. The number of nitrogens with one attached hydrogen (secondary N) is 1. The molecule has 2 aromatic rings. The van der Waals surface area contributed by atoms with E-state index in [0.29, 0.717) is 12.0 Å². The number of nitrogens with zero attached hydrogens (tertiary/aromatic N) is 2. The van der Waals surface area contributed by atoms with Gasteiger partial charge in [0.25, 0.3) is 0 Å². The molecule has 0 spiro atoms. The summed E-state index contributed by atoms with van der Waals surface area (Å²) in [5.41, 5.74) is 1.26. The lowest BCUT2D eigenvalue weighted by molar-refractivity contribution is 0.425. The molecular weight excluding hydrogens is 202 g/mol. The van der Waals surface area contributed by atoms with Gasteiger partial charge in [-0.05, 0) is 36.5 Å². The summed E-state index contributed by atoms with van der Waals surface area (Å²) in [5.74, 6) is 1.43. The van der Waals surface area contributed by atoms with Crippen molar-refractivity contribution < 1.29 is 4.52 Å². The molecule has 1 aliphatic carbocycles. The van der Waals surface area contributed by atoms with Crippen molar-refractivity contribution in [3.8, 4) is 0 Å². The molecule has 3 rings (SSSR count). The molecule has 2 heterocycles. The highest BCUT2D eigenvalue weighted by atomic mass is 16.5. The quantitative estimate of drug-likeness (QED) is 0.851. The summed E-state index contributed by atoms with van der Waals surface area (Å²) >= 11 is 0. The van der Waals surface area contributed by atoms with Gasteiger partial charge in [-0.25, -0.2) is 0 Å². The van der Waals surface area contributed by atoms with Gasteiger partial charge in [-0.2, -0.15) is 0 Å². The van der Waals surface area contributed by atoms with Crippen LogP contribution in [-0.4, -0.2) is 10.1 Å². The lowest BCUT2D eigenvalue weighted by Crippen LogP contribution is -2.12. The van der Waals surface area contributed by atoms with Gasteiger partial charge in [0.2, 0.25) is 5.88 Å². The Labute approximate surface area is 93.7 Å². The fraction of sp³-hybridized carbons (Fsp3) is 0.333. The molecule has 16 heavy (non-hydrogen) atoms. The first-order valence-corrected chi connectivity index (χ1v) is 5.50. The van der Waals surface area contributed by atoms with Crippen LogP contribution in [0.1, 0.15) is 24.4 Å². The van der Waals surface area contributed by atoms with Crippen LogP contribution in [0, 0.1) is 5.92 Å². The Morgan fingerprint density at radius 2 is 2.00 bits per heavy atom. The van der Waals surface area contributed by atoms with E-state index in [-0.39, 0.29) is 0 Å². The zero-order valence-corrected chi connectivity index (χ0v) is 8.84. The van der Waals surface area contributed by atoms with Crippen LogP contribution in [0.25, 0.3) is 0 Å². The summed E-state index contributed by atoms with van der Waals surface area (Å²) < 4.78 is 5.09. The van der Waals surface area contributed by atoms with Crippen LogP contribution in [0.2, 0.25) is 0 Å². The molecule has 0 bridgehead atoms. The maximum atomic E-state index is 5.09. The molecule has 1 aliphatic rings. The van der Waals surface area contributed by atoms with E-state index in [1.807, 2.05) is 30.6 Å². The predicted molar refractivity (Wildman–Crippen MR) is 59.8 cm³/mol. The fourth-order valence-corrected chi connectivity index (χ4v) is 1.92. The monoisotopic (exact) mass is 215 g/mol. The molecule has 1 N–H and O–H groups in total. The fourth-order valence-electron chi connectivity index (χ4n) is 1.92. The molecule has 0 saturated heterocycles. The third-order valence-electron chi connectivity index (χ3n) is 2.89. The predicted octanol–water partition coefficient (Wildman–Crippen LogP) is 2.63. The third kappa shape index (κ3) is 1.91. The van der Waals surface area contributed by atoms with Gasteiger partial charge in [0.1, 0.15) is 0 Å². The molecule has 1 atom stereocenters. The lowest BCUT2D eigenvalue weighted by atomic mass is 10.0. The normalized spacial score (nSPS) is 17.0. The first kappa shape index (κ1) is 9.39. The van der Waals surface area contributed by atoms with Crippen LogP contribution in [0.15, 0.2) is 41.3 Å². The molecule has 4 nitrogen and oxygen atoms in total. The summed E-state index contributed by atoms with van der Waals surface area (Å²) in [6.45, 7) is 0. The summed E-state index contributed by atoms with van der Waals surface area (Å²) in [5, 5.41) is 7.08. The number of hydrogen-bond acceptors (Lipinski definition) is 4. The Bertz CT molecular complexity index is 437. The van der Waals surface area contributed by atoms with E-state index in [4.69, 9.17) is 4.52 Å². The van der Waals surface area contributed by atoms with Crippen molar-refractivity contribution in [2.24, 2.45) is 5.92 Å². The molecule has 1 fully saturated rings. The second kappa shape index (κ2) is 3.96. The Morgan fingerprint density at radius 1 is 1.19 bits per heavy atom. The highest BCUT2D eigenvalue weighted by Gasteiger charge is 2.32. The molecule has 0 aliphatic heterocycles. The van der Waals surface area contributed by atoms with Gasteiger partial charge >= 0.3 is 0 Å². The first-order chi connectivity index (χ1) is 7.93. The van der Waals surface area contributed by atoms with Crippen LogP contribution in [0.4, 0.5) is 5.88 Å². The lowest BCUT2D eigenvalue weighted by Gasteiger charge is -2.17. The largest absolute Gasteiger partial charge is 0.347 e. The van der Waals surface area contributed by atoms with Crippen molar-refractivity contribution in [3.05, 3.63) is 42.4 Å². The van der Waals surface area contributed by atoms with Gasteiger partial charge in [0.15, 0.2) is 0 Å². The average molecular weight is 215 g/mol. The maximum absolute atomic E-state index is 5.09. The highest BCUT2D eigenvalue weighted by molar-refractivity contribution is 5.35. The van der Waals surface area contributed by atoms with E-state index in [1.54, 1.807) is 6.20 Å². The minimum Gasteiger partial charge on any atom is -0.347 e. The van der Waals surface area contributed by atoms with Crippen molar-refractivity contribution in [1.82, 2.24) is 10.1 Å². The van der Waals surface area contributed by atoms with Crippen LogP contribution in [0.5, 0.6) is 0 Å². The summed E-state index contributed by atoms with van der Waals surface area (Å²) in [4.78, 5) is 4.04. The van der Waals surface area contributed by atoms with Crippen LogP contribution >= 0.6 is 0 Å². The Hall–Kier alpha value is -1.84. The maximum Gasteiger partial charge on any atom is 0.225 e. The second-order valence-corrected chi connectivity index (χ2v) is 4.12. The molecule has 0 radical (unpaired) electrons. The minimum absolute atomic E-state index is 0.316. The first-order valence-electron chi connectivity index (χ1n) is 5.50. The third-order valence-corrected chi connectivity index (χ3v) is 2.89. The van der Waals surface area contributed by atoms with Gasteiger partial charge in [0.05, 0.1) is 12.2 Å². The second-order valence-electron chi connectivity index (χ2n) is 4.12. The standard InChI is InChI=1S/C12H13N3O/c1-2-9(1)12(10-3-6-13-7-4-10)15-11-5-8-14-16-11/h3-9,12,15H,1-2H2. The minimum atomic E-state index is 0.316. The topological polar surface area (TPSA) is 51.0 Å². The van der Waals surface area contributed by atoms with Gasteiger partial charge < -0.3 is 9.84 Å². The summed E-state index contributed by atoms with van der Waals surface area (Å²) in [6.07, 6.45) is 7.85. The van der Waals surface area contributed by atoms with E-state index >= 15 is 0 Å². The zero-order chi connectivity index (χ0) is 10.8. The Morgan fingerprint density at radius 3 is 2.62 bits per heavy atom. The number of pyridine rings is 1. The summed E-state index contributed by atoms with van der Waals surface area (Å²) in [6, 6.07) is 6.26. The van der Waals surface area contributed by atoms with Crippen molar-refractivity contribution in [3.63, 3.8) is 0 Å².